The van der Waals surface area contributed by atoms with Crippen LogP contribution >= 0.6 is 23.5 Å². The van der Waals surface area contributed by atoms with Crippen LogP contribution in [0.4, 0.5) is 0 Å². The summed E-state index contributed by atoms with van der Waals surface area (Å²) in [6.45, 7) is 4.97. The Kier molecular flexibility index (Phi) is 1.97. The molecule has 0 aromatic heterocycles. The second-order valence-corrected chi connectivity index (χ2v) is 8.14. The fourth-order valence-electron chi connectivity index (χ4n) is 3.72. The van der Waals surface area contributed by atoms with Crippen LogP contribution in [0.2, 0.25) is 0 Å². The Balaban J connectivity index is 1.89. The number of hydrogen-bond donors (Lipinski definition) is 0. The molecule has 2 saturated carbocycles. The van der Waals surface area contributed by atoms with E-state index in [4.69, 9.17) is 0 Å². The third-order valence-electron chi connectivity index (χ3n) is 4.65. The highest BCUT2D eigenvalue weighted by molar-refractivity contribution is 8.21. The van der Waals surface area contributed by atoms with Crippen LogP contribution in [0.5, 0.6) is 0 Å². The van der Waals surface area contributed by atoms with E-state index >= 15 is 0 Å². The van der Waals surface area contributed by atoms with E-state index in [-0.39, 0.29) is 0 Å². The van der Waals surface area contributed by atoms with Gasteiger partial charge in [0.1, 0.15) is 0 Å². The Morgan fingerprint density at radius 3 is 2.31 bits per heavy atom. The molecule has 74 valence electrons. The molecule has 13 heavy (non-hydrogen) atoms. The van der Waals surface area contributed by atoms with Crippen molar-refractivity contribution in [2.45, 2.75) is 30.8 Å². The van der Waals surface area contributed by atoms with Crippen molar-refractivity contribution >= 4 is 23.5 Å². The molecular formula is C11H18S2. The van der Waals surface area contributed by atoms with Crippen LogP contribution in [0.1, 0.15) is 26.7 Å². The van der Waals surface area contributed by atoms with Gasteiger partial charge in [0.25, 0.3) is 0 Å². The predicted molar refractivity (Wildman–Crippen MR) is 62.2 cm³/mol. The van der Waals surface area contributed by atoms with Gasteiger partial charge in [0, 0.05) is 11.5 Å². The maximum absolute atomic E-state index is 2.50. The first-order valence-electron chi connectivity index (χ1n) is 5.51. The lowest BCUT2D eigenvalue weighted by atomic mass is 9.81. The van der Waals surface area contributed by atoms with E-state index in [0.717, 1.165) is 23.7 Å². The van der Waals surface area contributed by atoms with Crippen molar-refractivity contribution in [2.24, 2.45) is 23.7 Å². The monoisotopic (exact) mass is 214 g/mol. The molecule has 0 aromatic carbocycles. The molecule has 3 aliphatic rings. The Morgan fingerprint density at radius 2 is 1.77 bits per heavy atom. The molecule has 0 nitrogen and oxygen atoms in total. The second-order valence-electron chi connectivity index (χ2n) is 5.03. The standard InChI is InChI=1S/C11H18S2/c1-7-8(2)10-5-9(7)6-11(10)12-3-4-13-11/h7-10H,3-6H2,1-2H3. The van der Waals surface area contributed by atoms with Gasteiger partial charge in [0.2, 0.25) is 0 Å². The van der Waals surface area contributed by atoms with Gasteiger partial charge in [-0.05, 0) is 36.5 Å². The lowest BCUT2D eigenvalue weighted by molar-refractivity contribution is 0.255. The molecule has 0 aromatic rings. The predicted octanol–water partition coefficient (Wildman–Crippen LogP) is 3.47. The van der Waals surface area contributed by atoms with E-state index in [1.165, 1.54) is 17.9 Å². The molecule has 0 N–H and O–H groups in total. The van der Waals surface area contributed by atoms with Crippen molar-refractivity contribution in [3.8, 4) is 0 Å². The quantitative estimate of drug-likeness (QED) is 0.605. The van der Waals surface area contributed by atoms with Crippen molar-refractivity contribution in [1.29, 1.82) is 0 Å². The summed E-state index contributed by atoms with van der Waals surface area (Å²) in [5.41, 5.74) is 0. The first-order chi connectivity index (χ1) is 6.23. The number of rotatable bonds is 0. The molecular weight excluding hydrogens is 196 g/mol. The Labute approximate surface area is 89.6 Å². The van der Waals surface area contributed by atoms with Gasteiger partial charge >= 0.3 is 0 Å². The van der Waals surface area contributed by atoms with Gasteiger partial charge in [-0.1, -0.05) is 13.8 Å². The molecule has 3 fully saturated rings. The summed E-state index contributed by atoms with van der Waals surface area (Å²) in [4.78, 5) is 0. The average molecular weight is 214 g/mol. The minimum atomic E-state index is 0.691. The smallest absolute Gasteiger partial charge is 0.0645 e. The van der Waals surface area contributed by atoms with Crippen LogP contribution in [-0.4, -0.2) is 15.6 Å². The molecule has 1 saturated heterocycles. The summed E-state index contributed by atoms with van der Waals surface area (Å²) in [7, 11) is 0. The minimum absolute atomic E-state index is 0.691. The molecule has 1 spiro atoms. The maximum Gasteiger partial charge on any atom is 0.0645 e. The van der Waals surface area contributed by atoms with Crippen LogP contribution in [0.25, 0.3) is 0 Å². The molecule has 2 aliphatic carbocycles. The highest BCUT2D eigenvalue weighted by Gasteiger charge is 2.58. The van der Waals surface area contributed by atoms with Crippen molar-refractivity contribution < 1.29 is 0 Å². The maximum atomic E-state index is 2.50. The van der Waals surface area contributed by atoms with Gasteiger partial charge in [0.05, 0.1) is 4.08 Å². The largest absolute Gasteiger partial charge is 0.143 e. The summed E-state index contributed by atoms with van der Waals surface area (Å²) < 4.78 is 0.691. The van der Waals surface area contributed by atoms with E-state index in [0.29, 0.717) is 4.08 Å². The summed E-state index contributed by atoms with van der Waals surface area (Å²) in [6.07, 6.45) is 3.07. The summed E-state index contributed by atoms with van der Waals surface area (Å²) in [6, 6.07) is 0. The van der Waals surface area contributed by atoms with Crippen molar-refractivity contribution in [2.75, 3.05) is 11.5 Å². The van der Waals surface area contributed by atoms with Crippen LogP contribution in [0, 0.1) is 23.7 Å². The fraction of sp³-hybridized carbons (Fsp3) is 1.00. The van der Waals surface area contributed by atoms with Gasteiger partial charge in [0.15, 0.2) is 0 Å². The molecule has 2 heteroatoms. The van der Waals surface area contributed by atoms with Crippen molar-refractivity contribution in [3.05, 3.63) is 0 Å². The summed E-state index contributed by atoms with van der Waals surface area (Å²) in [5.74, 6) is 6.95. The van der Waals surface area contributed by atoms with E-state index < -0.39 is 0 Å². The number of thioether (sulfide) groups is 2. The van der Waals surface area contributed by atoms with Crippen LogP contribution in [-0.2, 0) is 0 Å². The molecule has 2 bridgehead atoms. The molecule has 4 unspecified atom stereocenters. The number of hydrogen-bond acceptors (Lipinski definition) is 2. The Morgan fingerprint density at radius 1 is 1.08 bits per heavy atom. The van der Waals surface area contributed by atoms with Gasteiger partial charge in [-0.15, -0.1) is 23.5 Å². The first kappa shape index (κ1) is 8.96. The van der Waals surface area contributed by atoms with E-state index in [2.05, 4.69) is 37.4 Å². The molecule has 3 rings (SSSR count). The minimum Gasteiger partial charge on any atom is -0.143 e. The topological polar surface area (TPSA) is 0 Å². The van der Waals surface area contributed by atoms with Crippen LogP contribution in [0.15, 0.2) is 0 Å². The third kappa shape index (κ3) is 1.08. The van der Waals surface area contributed by atoms with E-state index in [1.54, 1.807) is 6.42 Å². The third-order valence-corrected chi connectivity index (χ3v) is 8.35. The van der Waals surface area contributed by atoms with Gasteiger partial charge in [-0.25, -0.2) is 0 Å². The second kappa shape index (κ2) is 2.85. The van der Waals surface area contributed by atoms with Gasteiger partial charge in [-0.3, -0.25) is 0 Å². The Hall–Kier alpha value is 0.700. The average Bonchev–Trinajstić information content (AvgIpc) is 2.76. The molecule has 0 amide bonds. The van der Waals surface area contributed by atoms with Gasteiger partial charge in [-0.2, -0.15) is 0 Å². The lowest BCUT2D eigenvalue weighted by Crippen LogP contribution is -2.34. The zero-order valence-corrected chi connectivity index (χ0v) is 10.1. The zero-order valence-electron chi connectivity index (χ0n) is 8.45. The lowest BCUT2D eigenvalue weighted by Gasteiger charge is -2.38. The van der Waals surface area contributed by atoms with Crippen molar-refractivity contribution in [3.63, 3.8) is 0 Å². The highest BCUT2D eigenvalue weighted by atomic mass is 32.2. The Bertz CT molecular complexity index is 218. The SMILES string of the molecule is CC1C2CC(C1C)C1(C2)SCCS1. The van der Waals surface area contributed by atoms with E-state index in [1.807, 2.05) is 0 Å². The van der Waals surface area contributed by atoms with Crippen LogP contribution in [0.3, 0.4) is 0 Å². The van der Waals surface area contributed by atoms with Gasteiger partial charge < -0.3 is 0 Å². The summed E-state index contributed by atoms with van der Waals surface area (Å²) in [5, 5.41) is 0. The zero-order chi connectivity index (χ0) is 9.05. The molecule has 1 heterocycles. The van der Waals surface area contributed by atoms with Crippen molar-refractivity contribution in [1.82, 2.24) is 0 Å². The molecule has 0 radical (unpaired) electrons. The summed E-state index contributed by atoms with van der Waals surface area (Å²) >= 11 is 4.57. The fourth-order valence-corrected chi connectivity index (χ4v) is 7.62. The van der Waals surface area contributed by atoms with E-state index in [9.17, 15) is 0 Å². The normalized spacial score (nSPS) is 52.2. The van der Waals surface area contributed by atoms with Crippen LogP contribution < -0.4 is 0 Å². The number of fused-ring (bicyclic) bond motifs is 3. The molecule has 4 atom stereocenters. The highest BCUT2D eigenvalue weighted by Crippen LogP contribution is 2.67. The molecule has 1 aliphatic heterocycles. The first-order valence-corrected chi connectivity index (χ1v) is 7.48.